The van der Waals surface area contributed by atoms with E-state index in [0.29, 0.717) is 5.92 Å². The van der Waals surface area contributed by atoms with Gasteiger partial charge in [0.1, 0.15) is 5.60 Å². The molecule has 0 aliphatic heterocycles. The molecule has 66 valence electrons. The van der Waals surface area contributed by atoms with Crippen molar-refractivity contribution in [3.63, 3.8) is 0 Å². The number of thiocarbonyl (C=S) groups is 1. The molecule has 2 N–H and O–H groups in total. The van der Waals surface area contributed by atoms with E-state index in [1.165, 1.54) is 0 Å². The summed E-state index contributed by atoms with van der Waals surface area (Å²) in [6.07, 6.45) is 0.919. The van der Waals surface area contributed by atoms with Gasteiger partial charge in [-0.2, -0.15) is 0 Å². The molecule has 0 heterocycles. The minimum absolute atomic E-state index is 0.142. The Hall–Kier alpha value is -0.310. The van der Waals surface area contributed by atoms with Gasteiger partial charge in [0.05, 0.1) is 0 Å². The summed E-state index contributed by atoms with van der Waals surface area (Å²) in [5.41, 5.74) is 5.10. The Morgan fingerprint density at radius 2 is 2.09 bits per heavy atom. The first-order valence-electron chi connectivity index (χ1n) is 3.91. The van der Waals surface area contributed by atoms with Gasteiger partial charge in [0, 0.05) is 0 Å². The van der Waals surface area contributed by atoms with Crippen LogP contribution in [0.5, 0.6) is 0 Å². The van der Waals surface area contributed by atoms with Crippen LogP contribution in [-0.2, 0) is 4.74 Å². The van der Waals surface area contributed by atoms with Crippen LogP contribution in [0.4, 0.5) is 0 Å². The average molecular weight is 175 g/mol. The SMILES string of the molecule is CCC(C)(OC(N)=S)C(C)C. The average Bonchev–Trinajstić information content (AvgIpc) is 1.86. The molecule has 0 bridgehead atoms. The van der Waals surface area contributed by atoms with Crippen molar-refractivity contribution in [2.75, 3.05) is 0 Å². The van der Waals surface area contributed by atoms with Gasteiger partial charge in [0.2, 0.25) is 0 Å². The first kappa shape index (κ1) is 10.7. The second-order valence-electron chi connectivity index (χ2n) is 3.24. The van der Waals surface area contributed by atoms with Gasteiger partial charge in [-0.3, -0.25) is 0 Å². The fraction of sp³-hybridized carbons (Fsp3) is 0.875. The van der Waals surface area contributed by atoms with Crippen LogP contribution in [0.2, 0.25) is 0 Å². The highest BCUT2D eigenvalue weighted by Gasteiger charge is 2.28. The van der Waals surface area contributed by atoms with Gasteiger partial charge in [-0.05, 0) is 31.5 Å². The molecule has 0 aliphatic carbocycles. The lowest BCUT2D eigenvalue weighted by Gasteiger charge is -2.32. The molecule has 1 unspecified atom stereocenters. The van der Waals surface area contributed by atoms with Crippen LogP contribution >= 0.6 is 12.2 Å². The van der Waals surface area contributed by atoms with Gasteiger partial charge in [-0.15, -0.1) is 0 Å². The zero-order chi connectivity index (χ0) is 9.07. The molecule has 0 saturated carbocycles. The standard InChI is InChI=1S/C8H17NOS/c1-5-8(4,6(2)3)10-7(9)11/h6H,5H2,1-4H3,(H2,9,11). The molecule has 0 radical (unpaired) electrons. The molecule has 0 fully saturated rings. The number of rotatable bonds is 3. The number of ether oxygens (including phenoxy) is 1. The third kappa shape index (κ3) is 3.06. The topological polar surface area (TPSA) is 35.2 Å². The molecule has 0 aromatic carbocycles. The lowest BCUT2D eigenvalue weighted by Crippen LogP contribution is -2.38. The Morgan fingerprint density at radius 3 is 2.18 bits per heavy atom. The monoisotopic (exact) mass is 175 g/mol. The van der Waals surface area contributed by atoms with E-state index in [9.17, 15) is 0 Å². The highest BCUT2D eigenvalue weighted by molar-refractivity contribution is 7.80. The van der Waals surface area contributed by atoms with Gasteiger partial charge < -0.3 is 10.5 Å². The van der Waals surface area contributed by atoms with Crippen LogP contribution < -0.4 is 5.73 Å². The Bertz CT molecular complexity index is 147. The largest absolute Gasteiger partial charge is 0.465 e. The van der Waals surface area contributed by atoms with E-state index in [0.717, 1.165) is 6.42 Å². The molecular formula is C8H17NOS. The fourth-order valence-electron chi connectivity index (χ4n) is 0.828. The van der Waals surface area contributed by atoms with Gasteiger partial charge in [-0.25, -0.2) is 0 Å². The Balaban J connectivity index is 4.22. The van der Waals surface area contributed by atoms with Crippen LogP contribution in [0.15, 0.2) is 0 Å². The zero-order valence-electron chi connectivity index (χ0n) is 7.68. The molecule has 2 nitrogen and oxygen atoms in total. The number of hydrogen-bond donors (Lipinski definition) is 1. The van der Waals surface area contributed by atoms with E-state index >= 15 is 0 Å². The van der Waals surface area contributed by atoms with Crippen LogP contribution in [0.25, 0.3) is 0 Å². The molecule has 0 aliphatic rings. The third-order valence-electron chi connectivity index (χ3n) is 2.26. The molecule has 0 saturated heterocycles. The molecule has 11 heavy (non-hydrogen) atoms. The summed E-state index contributed by atoms with van der Waals surface area (Å²) in [7, 11) is 0. The van der Waals surface area contributed by atoms with Crippen molar-refractivity contribution in [1.29, 1.82) is 0 Å². The first-order chi connectivity index (χ1) is 4.92. The van der Waals surface area contributed by atoms with Crippen molar-refractivity contribution >= 4 is 17.4 Å². The fourth-order valence-corrected chi connectivity index (χ4v) is 1.02. The summed E-state index contributed by atoms with van der Waals surface area (Å²) in [6.45, 7) is 8.29. The van der Waals surface area contributed by atoms with Crippen LogP contribution in [0, 0.1) is 5.92 Å². The highest BCUT2D eigenvalue weighted by atomic mass is 32.1. The Labute approximate surface area is 74.1 Å². The van der Waals surface area contributed by atoms with Crippen molar-refractivity contribution in [2.45, 2.75) is 39.7 Å². The second-order valence-corrected chi connectivity index (χ2v) is 3.64. The van der Waals surface area contributed by atoms with Crippen molar-refractivity contribution < 1.29 is 4.74 Å². The minimum Gasteiger partial charge on any atom is -0.465 e. The number of hydrogen-bond acceptors (Lipinski definition) is 2. The van der Waals surface area contributed by atoms with E-state index in [4.69, 9.17) is 10.5 Å². The summed E-state index contributed by atoms with van der Waals surface area (Å²) >= 11 is 4.68. The van der Waals surface area contributed by atoms with Gasteiger partial charge >= 0.3 is 0 Å². The molecule has 0 aromatic rings. The van der Waals surface area contributed by atoms with Crippen molar-refractivity contribution in [3.05, 3.63) is 0 Å². The summed E-state index contributed by atoms with van der Waals surface area (Å²) in [5, 5.41) is 0.142. The number of nitrogens with two attached hydrogens (primary N) is 1. The minimum atomic E-state index is -0.203. The summed E-state index contributed by atoms with van der Waals surface area (Å²) in [5.74, 6) is 0.425. The second kappa shape index (κ2) is 3.90. The van der Waals surface area contributed by atoms with E-state index in [1.807, 2.05) is 6.92 Å². The quantitative estimate of drug-likeness (QED) is 0.667. The molecule has 0 spiro atoms. The highest BCUT2D eigenvalue weighted by Crippen LogP contribution is 2.24. The van der Waals surface area contributed by atoms with Gasteiger partial charge in [0.15, 0.2) is 0 Å². The maximum atomic E-state index is 5.36. The zero-order valence-corrected chi connectivity index (χ0v) is 8.49. The normalized spacial score (nSPS) is 16.1. The summed E-state index contributed by atoms with van der Waals surface area (Å²) < 4.78 is 5.36. The first-order valence-corrected chi connectivity index (χ1v) is 4.31. The molecular weight excluding hydrogens is 158 g/mol. The van der Waals surface area contributed by atoms with E-state index < -0.39 is 0 Å². The van der Waals surface area contributed by atoms with Crippen molar-refractivity contribution in [1.82, 2.24) is 0 Å². The van der Waals surface area contributed by atoms with E-state index in [2.05, 4.69) is 33.0 Å². The van der Waals surface area contributed by atoms with Gasteiger partial charge in [-0.1, -0.05) is 20.8 Å². The lowest BCUT2D eigenvalue weighted by atomic mass is 9.90. The molecule has 1 atom stereocenters. The molecule has 3 heteroatoms. The predicted molar refractivity (Wildman–Crippen MR) is 51.4 cm³/mol. The summed E-state index contributed by atoms with van der Waals surface area (Å²) in [6, 6.07) is 0. The van der Waals surface area contributed by atoms with Crippen LogP contribution in [-0.4, -0.2) is 10.8 Å². The van der Waals surface area contributed by atoms with Crippen LogP contribution in [0.1, 0.15) is 34.1 Å². The lowest BCUT2D eigenvalue weighted by molar-refractivity contribution is 0.0262. The van der Waals surface area contributed by atoms with Crippen molar-refractivity contribution in [2.24, 2.45) is 11.7 Å². The Morgan fingerprint density at radius 1 is 1.64 bits per heavy atom. The van der Waals surface area contributed by atoms with Crippen molar-refractivity contribution in [3.8, 4) is 0 Å². The van der Waals surface area contributed by atoms with Crippen LogP contribution in [0.3, 0.4) is 0 Å². The Kier molecular flexibility index (Phi) is 3.79. The smallest absolute Gasteiger partial charge is 0.254 e. The predicted octanol–water partition coefficient (Wildman–Crippen LogP) is 2.07. The molecule has 0 aromatic heterocycles. The maximum absolute atomic E-state index is 5.36. The summed E-state index contributed by atoms with van der Waals surface area (Å²) in [4.78, 5) is 0. The van der Waals surface area contributed by atoms with E-state index in [1.54, 1.807) is 0 Å². The third-order valence-corrected chi connectivity index (χ3v) is 2.34. The molecule has 0 amide bonds. The van der Waals surface area contributed by atoms with Gasteiger partial charge in [0.25, 0.3) is 5.17 Å². The van der Waals surface area contributed by atoms with E-state index in [-0.39, 0.29) is 10.8 Å². The maximum Gasteiger partial charge on any atom is 0.254 e. The molecule has 0 rings (SSSR count).